The van der Waals surface area contributed by atoms with Gasteiger partial charge < -0.3 is 4.90 Å². The lowest BCUT2D eigenvalue weighted by Crippen LogP contribution is -2.41. The van der Waals surface area contributed by atoms with Crippen molar-refractivity contribution in [2.45, 2.75) is 45.1 Å². The van der Waals surface area contributed by atoms with Crippen molar-refractivity contribution in [1.29, 1.82) is 0 Å². The normalized spacial score (nSPS) is 18.9. The number of rotatable bonds is 4. The number of hydrogen-bond donors (Lipinski definition) is 0. The third kappa shape index (κ3) is 3.35. The molecule has 1 amide bonds. The highest BCUT2D eigenvalue weighted by Gasteiger charge is 2.25. The maximum Gasteiger partial charge on any atom is 0.228 e. The maximum absolute atomic E-state index is 12.5. The van der Waals surface area contributed by atoms with Gasteiger partial charge in [0, 0.05) is 24.4 Å². The molecule has 7 heteroatoms. The molecule has 1 aliphatic rings. The first-order valence-corrected chi connectivity index (χ1v) is 8.57. The van der Waals surface area contributed by atoms with Crippen LogP contribution in [0, 0.1) is 0 Å². The number of likely N-dealkylation sites (tertiary alicyclic amines) is 1. The monoisotopic (exact) mass is 319 g/mol. The first-order valence-electron chi connectivity index (χ1n) is 7.69. The number of hydrogen-bond acceptors (Lipinski definition) is 5. The molecule has 0 aliphatic carbocycles. The zero-order valence-electron chi connectivity index (χ0n) is 13.0. The standard InChI is InChI=1S/C15H21N5OS/c1-11(2)15-18-12(8-22-15)6-14(21)19-5-3-4-13(7-19)20-10-16-9-17-20/h8-11,13H,3-7H2,1-2H3/t13-/m1/s1. The Morgan fingerprint density at radius 1 is 1.50 bits per heavy atom. The van der Waals surface area contributed by atoms with E-state index in [-0.39, 0.29) is 11.9 Å². The van der Waals surface area contributed by atoms with E-state index < -0.39 is 0 Å². The number of aromatic nitrogens is 4. The van der Waals surface area contributed by atoms with E-state index in [1.807, 2.05) is 15.0 Å². The fraction of sp³-hybridized carbons (Fsp3) is 0.600. The zero-order chi connectivity index (χ0) is 15.5. The molecule has 0 aromatic carbocycles. The molecule has 1 saturated heterocycles. The summed E-state index contributed by atoms with van der Waals surface area (Å²) in [6.07, 6.45) is 5.72. The molecule has 0 radical (unpaired) electrons. The van der Waals surface area contributed by atoms with Crippen LogP contribution in [0.5, 0.6) is 0 Å². The summed E-state index contributed by atoms with van der Waals surface area (Å²) in [5.74, 6) is 0.575. The van der Waals surface area contributed by atoms with Crippen molar-refractivity contribution in [2.24, 2.45) is 0 Å². The van der Waals surface area contributed by atoms with Gasteiger partial charge in [-0.25, -0.2) is 14.6 Å². The van der Waals surface area contributed by atoms with Gasteiger partial charge in [0.25, 0.3) is 0 Å². The molecule has 2 aromatic rings. The second kappa shape index (κ2) is 6.56. The predicted molar refractivity (Wildman–Crippen MR) is 84.8 cm³/mol. The van der Waals surface area contributed by atoms with Crippen LogP contribution in [0.3, 0.4) is 0 Å². The van der Waals surface area contributed by atoms with Gasteiger partial charge in [-0.15, -0.1) is 11.3 Å². The summed E-state index contributed by atoms with van der Waals surface area (Å²) in [6.45, 7) is 5.78. The van der Waals surface area contributed by atoms with Crippen LogP contribution < -0.4 is 0 Å². The van der Waals surface area contributed by atoms with Crippen LogP contribution in [0.4, 0.5) is 0 Å². The van der Waals surface area contributed by atoms with Crippen LogP contribution in [0.25, 0.3) is 0 Å². The molecule has 3 heterocycles. The molecule has 0 bridgehead atoms. The van der Waals surface area contributed by atoms with Gasteiger partial charge >= 0.3 is 0 Å². The minimum absolute atomic E-state index is 0.158. The Kier molecular flexibility index (Phi) is 4.52. The first kappa shape index (κ1) is 15.1. The second-order valence-electron chi connectivity index (χ2n) is 6.02. The van der Waals surface area contributed by atoms with Gasteiger partial charge in [-0.1, -0.05) is 13.8 Å². The van der Waals surface area contributed by atoms with E-state index in [1.165, 1.54) is 0 Å². The lowest BCUT2D eigenvalue weighted by Gasteiger charge is -2.32. The summed E-state index contributed by atoms with van der Waals surface area (Å²) < 4.78 is 1.86. The summed E-state index contributed by atoms with van der Waals surface area (Å²) >= 11 is 1.64. The molecule has 22 heavy (non-hydrogen) atoms. The van der Waals surface area contributed by atoms with Gasteiger partial charge in [0.05, 0.1) is 23.2 Å². The molecular formula is C15H21N5OS. The molecule has 2 aromatic heterocycles. The Morgan fingerprint density at radius 3 is 3.05 bits per heavy atom. The van der Waals surface area contributed by atoms with Crippen molar-refractivity contribution in [2.75, 3.05) is 13.1 Å². The Bertz CT molecular complexity index is 622. The largest absolute Gasteiger partial charge is 0.340 e. The molecule has 0 unspecified atom stereocenters. The average molecular weight is 319 g/mol. The van der Waals surface area contributed by atoms with Gasteiger partial charge in [0.15, 0.2) is 0 Å². The smallest absolute Gasteiger partial charge is 0.228 e. The third-order valence-corrected chi connectivity index (χ3v) is 5.15. The van der Waals surface area contributed by atoms with Crippen molar-refractivity contribution in [3.63, 3.8) is 0 Å². The van der Waals surface area contributed by atoms with E-state index >= 15 is 0 Å². The fourth-order valence-corrected chi connectivity index (χ4v) is 3.57. The highest BCUT2D eigenvalue weighted by molar-refractivity contribution is 7.09. The van der Waals surface area contributed by atoms with Crippen LogP contribution in [0.1, 0.15) is 49.4 Å². The molecule has 118 valence electrons. The van der Waals surface area contributed by atoms with Gasteiger partial charge in [-0.2, -0.15) is 5.10 Å². The number of carbonyl (C=O) groups excluding carboxylic acids is 1. The molecular weight excluding hydrogens is 298 g/mol. The van der Waals surface area contributed by atoms with Crippen LogP contribution in [0.15, 0.2) is 18.0 Å². The summed E-state index contributed by atoms with van der Waals surface area (Å²) in [6, 6.07) is 0.238. The molecule has 1 fully saturated rings. The highest BCUT2D eigenvalue weighted by atomic mass is 32.1. The predicted octanol–water partition coefficient (Wildman–Crippen LogP) is 2.26. The van der Waals surface area contributed by atoms with Crippen molar-refractivity contribution in [3.05, 3.63) is 28.7 Å². The van der Waals surface area contributed by atoms with Gasteiger partial charge in [0.2, 0.25) is 5.91 Å². The van der Waals surface area contributed by atoms with E-state index in [1.54, 1.807) is 24.0 Å². The molecule has 0 saturated carbocycles. The zero-order valence-corrected chi connectivity index (χ0v) is 13.8. The topological polar surface area (TPSA) is 63.9 Å². The van der Waals surface area contributed by atoms with Crippen LogP contribution in [0.2, 0.25) is 0 Å². The Balaban J connectivity index is 1.61. The van der Waals surface area contributed by atoms with Crippen LogP contribution in [-0.2, 0) is 11.2 Å². The maximum atomic E-state index is 12.5. The number of nitrogens with zero attached hydrogens (tertiary/aromatic N) is 5. The van der Waals surface area contributed by atoms with Crippen LogP contribution in [-0.4, -0.2) is 43.6 Å². The minimum Gasteiger partial charge on any atom is -0.340 e. The molecule has 1 atom stereocenters. The summed E-state index contributed by atoms with van der Waals surface area (Å²) in [5.41, 5.74) is 0.890. The first-order chi connectivity index (χ1) is 10.6. The highest BCUT2D eigenvalue weighted by Crippen LogP contribution is 2.22. The van der Waals surface area contributed by atoms with E-state index in [2.05, 4.69) is 28.9 Å². The lowest BCUT2D eigenvalue weighted by molar-refractivity contribution is -0.132. The fourth-order valence-electron chi connectivity index (χ4n) is 2.74. The van der Waals surface area contributed by atoms with E-state index in [9.17, 15) is 4.79 Å². The molecule has 0 spiro atoms. The molecule has 3 rings (SSSR count). The van der Waals surface area contributed by atoms with E-state index in [0.717, 1.165) is 30.1 Å². The lowest BCUT2D eigenvalue weighted by atomic mass is 10.1. The second-order valence-corrected chi connectivity index (χ2v) is 6.91. The van der Waals surface area contributed by atoms with Gasteiger partial charge in [-0.3, -0.25) is 4.79 Å². The molecule has 6 nitrogen and oxygen atoms in total. The molecule has 0 N–H and O–H groups in total. The Morgan fingerprint density at radius 2 is 2.36 bits per heavy atom. The minimum atomic E-state index is 0.158. The third-order valence-electron chi connectivity index (χ3n) is 3.96. The number of piperidine rings is 1. The van der Waals surface area contributed by atoms with E-state index in [4.69, 9.17) is 0 Å². The quantitative estimate of drug-likeness (QED) is 0.867. The number of thiazole rings is 1. The van der Waals surface area contributed by atoms with Crippen molar-refractivity contribution < 1.29 is 4.79 Å². The number of amides is 1. The van der Waals surface area contributed by atoms with Gasteiger partial charge in [0.1, 0.15) is 12.7 Å². The SMILES string of the molecule is CC(C)c1nc(CC(=O)N2CCC[C@@H](n3cncn3)C2)cs1. The summed E-state index contributed by atoms with van der Waals surface area (Å²) in [5, 5.41) is 7.30. The van der Waals surface area contributed by atoms with Crippen molar-refractivity contribution >= 4 is 17.2 Å². The Labute approximate surface area is 134 Å². The van der Waals surface area contributed by atoms with Gasteiger partial charge in [-0.05, 0) is 12.8 Å². The van der Waals surface area contributed by atoms with Crippen molar-refractivity contribution in [1.82, 2.24) is 24.6 Å². The van der Waals surface area contributed by atoms with Crippen LogP contribution >= 0.6 is 11.3 Å². The number of carbonyl (C=O) groups is 1. The summed E-state index contributed by atoms with van der Waals surface area (Å²) in [4.78, 5) is 23.0. The van der Waals surface area contributed by atoms with Crippen molar-refractivity contribution in [3.8, 4) is 0 Å². The van der Waals surface area contributed by atoms with E-state index in [0.29, 0.717) is 18.9 Å². The Hall–Kier alpha value is -1.76. The summed E-state index contributed by atoms with van der Waals surface area (Å²) in [7, 11) is 0. The molecule has 1 aliphatic heterocycles. The average Bonchev–Trinajstić information content (AvgIpc) is 3.19.